The third-order valence-electron chi connectivity index (χ3n) is 4.41. The van der Waals surface area contributed by atoms with E-state index in [0.29, 0.717) is 25.5 Å². The molecule has 0 amide bonds. The highest BCUT2D eigenvalue weighted by molar-refractivity contribution is 7.89. The van der Waals surface area contributed by atoms with E-state index in [2.05, 4.69) is 14.7 Å². The van der Waals surface area contributed by atoms with Crippen LogP contribution < -0.4 is 4.72 Å². The number of aromatic nitrogens is 2. The van der Waals surface area contributed by atoms with E-state index in [1.165, 1.54) is 6.20 Å². The summed E-state index contributed by atoms with van der Waals surface area (Å²) < 4.78 is 38.5. The minimum atomic E-state index is -3.58. The largest absolute Gasteiger partial charge is 0.384 e. The third-order valence-corrected chi connectivity index (χ3v) is 5.78. The van der Waals surface area contributed by atoms with Crippen molar-refractivity contribution in [3.8, 4) is 0 Å². The second kappa shape index (κ2) is 5.68. The van der Waals surface area contributed by atoms with Gasteiger partial charge in [-0.2, -0.15) is 0 Å². The van der Waals surface area contributed by atoms with Gasteiger partial charge in [-0.05, 0) is 6.42 Å². The van der Waals surface area contributed by atoms with Gasteiger partial charge >= 0.3 is 0 Å². The molecule has 2 aliphatic rings. The number of rotatable bonds is 6. The van der Waals surface area contributed by atoms with Gasteiger partial charge in [0.15, 0.2) is 5.03 Å². The van der Waals surface area contributed by atoms with Crippen LogP contribution >= 0.6 is 0 Å². The van der Waals surface area contributed by atoms with Gasteiger partial charge in [0, 0.05) is 38.0 Å². The third kappa shape index (κ3) is 2.61. The Morgan fingerprint density at radius 2 is 2.38 bits per heavy atom. The Hall–Kier alpha value is -0.960. The molecular weight excluding hydrogens is 294 g/mol. The van der Waals surface area contributed by atoms with Crippen molar-refractivity contribution in [2.45, 2.75) is 36.9 Å². The minimum absolute atomic E-state index is 0.0749. The van der Waals surface area contributed by atoms with Crippen molar-refractivity contribution in [2.75, 3.05) is 20.3 Å². The molecule has 8 heteroatoms. The molecule has 2 heterocycles. The molecule has 0 spiro atoms. The number of aromatic amines is 1. The van der Waals surface area contributed by atoms with Crippen LogP contribution in [-0.2, 0) is 25.9 Å². The highest BCUT2D eigenvalue weighted by Crippen LogP contribution is 2.44. The number of nitrogens with zero attached hydrogens (tertiary/aromatic N) is 1. The molecule has 1 aliphatic heterocycles. The van der Waals surface area contributed by atoms with Crippen molar-refractivity contribution >= 4 is 10.0 Å². The van der Waals surface area contributed by atoms with Crippen molar-refractivity contribution in [2.24, 2.45) is 11.8 Å². The van der Waals surface area contributed by atoms with Crippen LogP contribution in [0.3, 0.4) is 0 Å². The lowest BCUT2D eigenvalue weighted by atomic mass is 9.68. The van der Waals surface area contributed by atoms with Gasteiger partial charge < -0.3 is 14.5 Å². The molecule has 4 atom stereocenters. The molecule has 1 saturated heterocycles. The molecule has 3 rings (SSSR count). The Kier molecular flexibility index (Phi) is 4.04. The first-order chi connectivity index (χ1) is 10.1. The van der Waals surface area contributed by atoms with Gasteiger partial charge in [-0.3, -0.25) is 0 Å². The highest BCUT2D eigenvalue weighted by Gasteiger charge is 2.55. The van der Waals surface area contributed by atoms with Crippen molar-refractivity contribution in [3.63, 3.8) is 0 Å². The molecule has 0 radical (unpaired) electrons. The van der Waals surface area contributed by atoms with Gasteiger partial charge in [-0.25, -0.2) is 18.1 Å². The van der Waals surface area contributed by atoms with E-state index in [4.69, 9.17) is 9.47 Å². The maximum atomic E-state index is 12.4. The fraction of sp³-hybridized carbons (Fsp3) is 0.769. The number of sulfonamides is 1. The predicted molar refractivity (Wildman–Crippen MR) is 75.3 cm³/mol. The Balaban J connectivity index is 1.75. The summed E-state index contributed by atoms with van der Waals surface area (Å²) >= 11 is 0. The molecule has 0 unspecified atom stereocenters. The molecule has 1 aromatic rings. The van der Waals surface area contributed by atoms with E-state index < -0.39 is 10.0 Å². The van der Waals surface area contributed by atoms with Crippen LogP contribution in [0.2, 0.25) is 0 Å². The van der Waals surface area contributed by atoms with Crippen LogP contribution in [0.4, 0.5) is 0 Å². The van der Waals surface area contributed by atoms with Crippen molar-refractivity contribution < 1.29 is 17.9 Å². The molecule has 1 aliphatic carbocycles. The van der Waals surface area contributed by atoms with E-state index in [-0.39, 0.29) is 29.0 Å². The first-order valence-corrected chi connectivity index (χ1v) is 8.72. The summed E-state index contributed by atoms with van der Waals surface area (Å²) in [5.41, 5.74) is 0. The van der Waals surface area contributed by atoms with E-state index in [1.54, 1.807) is 7.11 Å². The maximum absolute atomic E-state index is 12.4. The normalized spacial score (nSPS) is 31.9. The summed E-state index contributed by atoms with van der Waals surface area (Å²) in [6.45, 7) is 3.11. The number of nitrogens with one attached hydrogen (secondary N) is 2. The lowest BCUT2D eigenvalue weighted by Crippen LogP contribution is -2.62. The number of ether oxygens (including phenoxy) is 2. The number of H-pyrrole nitrogens is 1. The zero-order chi connectivity index (χ0) is 15.0. The molecule has 0 bridgehead atoms. The van der Waals surface area contributed by atoms with Gasteiger partial charge in [-0.15, -0.1) is 0 Å². The van der Waals surface area contributed by atoms with Gasteiger partial charge in [-0.1, -0.05) is 6.92 Å². The first-order valence-electron chi connectivity index (χ1n) is 7.23. The van der Waals surface area contributed by atoms with Crippen LogP contribution in [0.25, 0.3) is 0 Å². The molecule has 1 saturated carbocycles. The predicted octanol–water partition coefficient (Wildman–Crippen LogP) is 0.300. The highest BCUT2D eigenvalue weighted by atomic mass is 32.2. The Morgan fingerprint density at radius 3 is 3.05 bits per heavy atom. The van der Waals surface area contributed by atoms with Crippen LogP contribution in [0.15, 0.2) is 11.2 Å². The zero-order valence-electron chi connectivity index (χ0n) is 12.2. The SMILES string of the molecule is CCc1ncc(S(=O)(=O)N[C@@H]2[C@H]3CCO[C@H]3[C@H]2COC)[nH]1. The van der Waals surface area contributed by atoms with E-state index in [1.807, 2.05) is 6.92 Å². The number of hydrogen-bond donors (Lipinski definition) is 2. The molecular formula is C13H21N3O4S. The number of methoxy groups -OCH3 is 1. The zero-order valence-corrected chi connectivity index (χ0v) is 13.0. The van der Waals surface area contributed by atoms with Crippen LogP contribution in [0.1, 0.15) is 19.2 Å². The number of aryl methyl sites for hydroxylation is 1. The van der Waals surface area contributed by atoms with Crippen molar-refractivity contribution in [3.05, 3.63) is 12.0 Å². The smallest absolute Gasteiger partial charge is 0.257 e. The quantitative estimate of drug-likeness (QED) is 0.787. The monoisotopic (exact) mass is 315 g/mol. The molecule has 1 aromatic heterocycles. The molecule has 7 nitrogen and oxygen atoms in total. The lowest BCUT2D eigenvalue weighted by molar-refractivity contribution is -0.0775. The van der Waals surface area contributed by atoms with Crippen molar-refractivity contribution in [1.82, 2.24) is 14.7 Å². The molecule has 21 heavy (non-hydrogen) atoms. The molecule has 2 fully saturated rings. The second-order valence-electron chi connectivity index (χ2n) is 5.60. The molecule has 2 N–H and O–H groups in total. The number of hydrogen-bond acceptors (Lipinski definition) is 5. The van der Waals surface area contributed by atoms with E-state index in [9.17, 15) is 8.42 Å². The van der Waals surface area contributed by atoms with E-state index in [0.717, 1.165) is 6.42 Å². The van der Waals surface area contributed by atoms with Gasteiger partial charge in [0.05, 0.1) is 18.9 Å². The lowest BCUT2D eigenvalue weighted by Gasteiger charge is -2.47. The minimum Gasteiger partial charge on any atom is -0.384 e. The van der Waals surface area contributed by atoms with Crippen molar-refractivity contribution in [1.29, 1.82) is 0 Å². The standard InChI is InChI=1S/C13H21N3O4S/c1-3-10-14-6-11(15-10)21(17,18)16-12-8-4-5-20-13(8)9(12)7-19-2/h6,8-9,12-13,16H,3-5,7H2,1-2H3,(H,14,15)/t8-,9+,12-,13-/m1/s1. The summed E-state index contributed by atoms with van der Waals surface area (Å²) in [6.07, 6.45) is 3.05. The number of imidazole rings is 1. The summed E-state index contributed by atoms with van der Waals surface area (Å²) in [6, 6.07) is -0.129. The molecule has 118 valence electrons. The van der Waals surface area contributed by atoms with Gasteiger partial charge in [0.2, 0.25) is 0 Å². The number of fused-ring (bicyclic) bond motifs is 1. The summed E-state index contributed by atoms with van der Waals surface area (Å²) in [5.74, 6) is 0.985. The second-order valence-corrected chi connectivity index (χ2v) is 7.28. The van der Waals surface area contributed by atoms with E-state index >= 15 is 0 Å². The van der Waals surface area contributed by atoms with Crippen LogP contribution in [0, 0.1) is 11.8 Å². The topological polar surface area (TPSA) is 93.3 Å². The van der Waals surface area contributed by atoms with Gasteiger partial charge in [0.1, 0.15) is 5.82 Å². The summed E-state index contributed by atoms with van der Waals surface area (Å²) in [5, 5.41) is 0.123. The Bertz CT molecular complexity index is 600. The first kappa shape index (κ1) is 15.0. The fourth-order valence-electron chi connectivity index (χ4n) is 3.30. The Labute approximate surface area is 124 Å². The van der Waals surface area contributed by atoms with Crippen LogP contribution in [0.5, 0.6) is 0 Å². The maximum Gasteiger partial charge on any atom is 0.257 e. The Morgan fingerprint density at radius 1 is 1.57 bits per heavy atom. The average Bonchev–Trinajstić information content (AvgIpc) is 3.09. The van der Waals surface area contributed by atoms with Crippen LogP contribution in [-0.4, -0.2) is 50.9 Å². The summed E-state index contributed by atoms with van der Waals surface area (Å²) in [4.78, 5) is 6.89. The fourth-order valence-corrected chi connectivity index (χ4v) is 4.58. The van der Waals surface area contributed by atoms with Gasteiger partial charge in [0.25, 0.3) is 10.0 Å². The average molecular weight is 315 g/mol. The summed E-state index contributed by atoms with van der Waals surface area (Å²) in [7, 11) is -1.96. The molecule has 0 aromatic carbocycles.